The molecule has 0 saturated heterocycles. The van der Waals surface area contributed by atoms with Crippen LogP contribution in [0.4, 0.5) is 0 Å². The second-order valence-corrected chi connectivity index (χ2v) is 8.81. The summed E-state index contributed by atoms with van der Waals surface area (Å²) >= 11 is 1.53. The maximum Gasteiger partial charge on any atom is 0.279 e. The Hall–Kier alpha value is -2.15. The first-order valence-corrected chi connectivity index (χ1v) is 9.26. The highest BCUT2D eigenvalue weighted by Gasteiger charge is 2.30. The number of nitrogens with one attached hydrogen (secondary N) is 2. The summed E-state index contributed by atoms with van der Waals surface area (Å²) in [6, 6.07) is 1.98. The van der Waals surface area contributed by atoms with Crippen LogP contribution in [-0.4, -0.2) is 21.6 Å². The second-order valence-electron chi connectivity index (χ2n) is 7.68. The summed E-state index contributed by atoms with van der Waals surface area (Å²) < 4.78 is 1.54. The van der Waals surface area contributed by atoms with Crippen LogP contribution in [0.1, 0.15) is 57.7 Å². The van der Waals surface area contributed by atoms with E-state index in [9.17, 15) is 9.59 Å². The molecule has 2 amide bonds. The smallest absolute Gasteiger partial charge is 0.275 e. The van der Waals surface area contributed by atoms with Crippen molar-refractivity contribution < 1.29 is 9.59 Å². The van der Waals surface area contributed by atoms with E-state index in [4.69, 9.17) is 0 Å². The number of carbonyl (C=O) groups excluding carboxylic acids is 2. The van der Waals surface area contributed by atoms with Gasteiger partial charge in [0.1, 0.15) is 0 Å². The molecule has 0 bridgehead atoms. The van der Waals surface area contributed by atoms with E-state index in [1.165, 1.54) is 32.7 Å². The van der Waals surface area contributed by atoms with Gasteiger partial charge >= 0.3 is 0 Å². The zero-order valence-electron chi connectivity index (χ0n) is 15.0. The van der Waals surface area contributed by atoms with Crippen molar-refractivity contribution in [2.75, 3.05) is 0 Å². The standard InChI is InChI=1S/C18H24N4O2S/c1-18(2,3)13-5-6-14-11(7-13)8-15(25-14)17(24)21-20-16(23)12-9-19-22(4)10-12/h8-10,13H,5-7H2,1-4H3,(H,20,23)(H,21,24)/t13-/m0/s1. The van der Waals surface area contributed by atoms with E-state index in [0.29, 0.717) is 16.4 Å². The third kappa shape index (κ3) is 3.92. The predicted octanol–water partition coefficient (Wildman–Crippen LogP) is 2.71. The van der Waals surface area contributed by atoms with E-state index < -0.39 is 0 Å². The van der Waals surface area contributed by atoms with Gasteiger partial charge in [-0.1, -0.05) is 20.8 Å². The number of nitrogens with zero attached hydrogens (tertiary/aromatic N) is 2. The van der Waals surface area contributed by atoms with Crippen molar-refractivity contribution in [1.29, 1.82) is 0 Å². The molecule has 7 heteroatoms. The lowest BCUT2D eigenvalue weighted by atomic mass is 9.72. The second kappa shape index (κ2) is 6.63. The van der Waals surface area contributed by atoms with Gasteiger partial charge in [0.05, 0.1) is 16.6 Å². The fraction of sp³-hybridized carbons (Fsp3) is 0.500. The maximum atomic E-state index is 12.3. The van der Waals surface area contributed by atoms with Gasteiger partial charge in [-0.25, -0.2) is 0 Å². The Kier molecular flexibility index (Phi) is 4.69. The number of hydrazine groups is 1. The highest BCUT2D eigenvalue weighted by molar-refractivity contribution is 7.14. The SMILES string of the molecule is Cn1cc(C(=O)NNC(=O)c2cc3c(s2)CC[C@H](C(C)(C)C)C3)cn1. The molecule has 0 saturated carbocycles. The van der Waals surface area contributed by atoms with Crippen LogP contribution < -0.4 is 10.9 Å². The summed E-state index contributed by atoms with van der Waals surface area (Å²) in [6.07, 6.45) is 6.26. The van der Waals surface area contributed by atoms with Crippen molar-refractivity contribution in [3.8, 4) is 0 Å². The summed E-state index contributed by atoms with van der Waals surface area (Å²) in [4.78, 5) is 26.3. The third-order valence-electron chi connectivity index (χ3n) is 4.79. The molecule has 2 aromatic rings. The lowest BCUT2D eigenvalue weighted by molar-refractivity contribution is 0.0849. The Morgan fingerprint density at radius 3 is 2.64 bits per heavy atom. The van der Waals surface area contributed by atoms with Gasteiger partial charge in [0, 0.05) is 18.1 Å². The van der Waals surface area contributed by atoms with Crippen LogP contribution in [0, 0.1) is 11.3 Å². The minimum Gasteiger partial charge on any atom is -0.275 e. The summed E-state index contributed by atoms with van der Waals surface area (Å²) in [7, 11) is 1.73. The number of aryl methyl sites for hydroxylation is 2. The number of thiophene rings is 1. The summed E-state index contributed by atoms with van der Waals surface area (Å²) in [5, 5.41) is 3.94. The van der Waals surface area contributed by atoms with E-state index in [2.05, 4.69) is 36.7 Å². The fourth-order valence-corrected chi connectivity index (χ4v) is 4.26. The third-order valence-corrected chi connectivity index (χ3v) is 6.02. The number of aromatic nitrogens is 2. The van der Waals surface area contributed by atoms with Crippen LogP contribution in [-0.2, 0) is 19.9 Å². The van der Waals surface area contributed by atoms with Gasteiger partial charge in [-0.05, 0) is 42.2 Å². The van der Waals surface area contributed by atoms with Crippen LogP contribution in [0.3, 0.4) is 0 Å². The quantitative estimate of drug-likeness (QED) is 0.809. The number of carbonyl (C=O) groups is 2. The van der Waals surface area contributed by atoms with Crippen molar-refractivity contribution in [2.24, 2.45) is 18.4 Å². The average Bonchev–Trinajstić information content (AvgIpc) is 3.16. The molecule has 0 spiro atoms. The summed E-state index contributed by atoms with van der Waals surface area (Å²) in [5.41, 5.74) is 6.89. The van der Waals surface area contributed by atoms with E-state index in [1.54, 1.807) is 13.2 Å². The highest BCUT2D eigenvalue weighted by atomic mass is 32.1. The Morgan fingerprint density at radius 1 is 1.28 bits per heavy atom. The van der Waals surface area contributed by atoms with Crippen molar-refractivity contribution in [3.05, 3.63) is 39.3 Å². The van der Waals surface area contributed by atoms with Crippen molar-refractivity contribution in [1.82, 2.24) is 20.6 Å². The molecule has 25 heavy (non-hydrogen) atoms. The molecule has 0 unspecified atom stereocenters. The van der Waals surface area contributed by atoms with Crippen molar-refractivity contribution in [3.63, 3.8) is 0 Å². The fourth-order valence-electron chi connectivity index (χ4n) is 3.16. The molecule has 0 radical (unpaired) electrons. The normalized spacial score (nSPS) is 17.0. The Bertz CT molecular complexity index is 800. The number of rotatable bonds is 2. The van der Waals surface area contributed by atoms with Crippen molar-refractivity contribution in [2.45, 2.75) is 40.0 Å². The zero-order valence-corrected chi connectivity index (χ0v) is 15.9. The highest BCUT2D eigenvalue weighted by Crippen LogP contribution is 2.40. The Morgan fingerprint density at radius 2 is 2.00 bits per heavy atom. The molecule has 1 aliphatic rings. The molecule has 0 fully saturated rings. The number of hydrogen-bond acceptors (Lipinski definition) is 4. The molecule has 2 aromatic heterocycles. The van der Waals surface area contributed by atoms with Gasteiger partial charge in [0.25, 0.3) is 11.8 Å². The van der Waals surface area contributed by atoms with Gasteiger partial charge in [-0.2, -0.15) is 5.10 Å². The zero-order chi connectivity index (χ0) is 18.2. The molecule has 0 aliphatic heterocycles. The van der Waals surface area contributed by atoms with E-state index in [0.717, 1.165) is 19.3 Å². The average molecular weight is 360 g/mol. The Labute approximate surface area is 151 Å². The molecule has 3 rings (SSSR count). The van der Waals surface area contributed by atoms with Gasteiger partial charge in [0.15, 0.2) is 0 Å². The molecule has 6 nitrogen and oxygen atoms in total. The molecular weight excluding hydrogens is 336 g/mol. The molecule has 2 heterocycles. The van der Waals surface area contributed by atoms with Gasteiger partial charge < -0.3 is 0 Å². The van der Waals surface area contributed by atoms with Gasteiger partial charge in [0.2, 0.25) is 0 Å². The molecule has 1 atom stereocenters. The Balaban J connectivity index is 1.62. The first-order chi connectivity index (χ1) is 11.7. The van der Waals surface area contributed by atoms with Gasteiger partial charge in [-0.3, -0.25) is 25.1 Å². The predicted molar refractivity (Wildman–Crippen MR) is 97.4 cm³/mol. The largest absolute Gasteiger partial charge is 0.279 e. The molecule has 0 aromatic carbocycles. The minimum atomic E-state index is -0.379. The maximum absolute atomic E-state index is 12.3. The number of fused-ring (bicyclic) bond motifs is 1. The number of hydrogen-bond donors (Lipinski definition) is 2. The van der Waals surface area contributed by atoms with Crippen LogP contribution in [0.25, 0.3) is 0 Å². The first kappa shape index (κ1) is 17.7. The monoisotopic (exact) mass is 360 g/mol. The summed E-state index contributed by atoms with van der Waals surface area (Å²) in [5.74, 6) is -0.0182. The topological polar surface area (TPSA) is 76.0 Å². The van der Waals surface area contributed by atoms with Crippen LogP contribution in [0.15, 0.2) is 18.5 Å². The lowest BCUT2D eigenvalue weighted by Crippen LogP contribution is -2.41. The molecule has 2 N–H and O–H groups in total. The number of amides is 2. The first-order valence-electron chi connectivity index (χ1n) is 8.45. The van der Waals surface area contributed by atoms with Crippen LogP contribution in [0.5, 0.6) is 0 Å². The van der Waals surface area contributed by atoms with E-state index in [1.807, 2.05) is 6.07 Å². The summed E-state index contributed by atoms with van der Waals surface area (Å²) in [6.45, 7) is 6.82. The van der Waals surface area contributed by atoms with Crippen LogP contribution in [0.2, 0.25) is 0 Å². The molecule has 134 valence electrons. The molecular formula is C18H24N4O2S. The van der Waals surface area contributed by atoms with Gasteiger partial charge in [-0.15, -0.1) is 11.3 Å². The van der Waals surface area contributed by atoms with E-state index >= 15 is 0 Å². The molecule has 1 aliphatic carbocycles. The lowest BCUT2D eigenvalue weighted by Gasteiger charge is -2.33. The van der Waals surface area contributed by atoms with E-state index in [-0.39, 0.29) is 17.2 Å². The minimum absolute atomic E-state index is 0.274. The van der Waals surface area contributed by atoms with Crippen LogP contribution >= 0.6 is 11.3 Å². The van der Waals surface area contributed by atoms with Crippen molar-refractivity contribution >= 4 is 23.2 Å².